The van der Waals surface area contributed by atoms with Crippen LogP contribution in [-0.4, -0.2) is 35.1 Å². The SMILES string of the molecule is CCn1c(C)ccc(C(=O)N2CCO[C@@H](c3ccc(Cl)cc3)C2)c1=O. The molecule has 2 aromatic rings. The zero-order valence-corrected chi connectivity index (χ0v) is 15.1. The number of hydrogen-bond acceptors (Lipinski definition) is 3. The van der Waals surface area contributed by atoms with Crippen molar-refractivity contribution in [2.75, 3.05) is 19.7 Å². The molecular formula is C19H21ClN2O3. The quantitative estimate of drug-likeness (QED) is 0.845. The van der Waals surface area contributed by atoms with E-state index in [2.05, 4.69) is 0 Å². The second kappa shape index (κ2) is 7.42. The zero-order chi connectivity index (χ0) is 18.0. The van der Waals surface area contributed by atoms with Crippen LogP contribution in [0.4, 0.5) is 0 Å². The number of amides is 1. The number of nitrogens with zero attached hydrogens (tertiary/aromatic N) is 2. The largest absolute Gasteiger partial charge is 0.370 e. The highest BCUT2D eigenvalue weighted by Crippen LogP contribution is 2.24. The van der Waals surface area contributed by atoms with Crippen molar-refractivity contribution in [2.45, 2.75) is 26.5 Å². The Morgan fingerprint density at radius 3 is 2.64 bits per heavy atom. The van der Waals surface area contributed by atoms with E-state index in [1.54, 1.807) is 27.7 Å². The monoisotopic (exact) mass is 360 g/mol. The average molecular weight is 361 g/mol. The fourth-order valence-electron chi connectivity index (χ4n) is 3.11. The Morgan fingerprint density at radius 1 is 1.24 bits per heavy atom. The second-order valence-corrected chi connectivity index (χ2v) is 6.54. The van der Waals surface area contributed by atoms with Crippen LogP contribution < -0.4 is 5.56 Å². The molecule has 0 spiro atoms. The average Bonchev–Trinajstić information content (AvgIpc) is 2.62. The first-order valence-electron chi connectivity index (χ1n) is 8.38. The molecule has 1 fully saturated rings. The summed E-state index contributed by atoms with van der Waals surface area (Å²) in [4.78, 5) is 27.1. The predicted molar refractivity (Wildman–Crippen MR) is 97.2 cm³/mol. The maximum Gasteiger partial charge on any atom is 0.263 e. The first-order chi connectivity index (χ1) is 12.0. The standard InChI is InChI=1S/C19H21ClN2O3/c1-3-22-13(2)4-9-16(19(22)24)18(23)21-10-11-25-17(12-21)14-5-7-15(20)8-6-14/h4-9,17H,3,10-12H2,1-2H3/t17-/m1/s1. The van der Waals surface area contributed by atoms with E-state index in [0.29, 0.717) is 31.3 Å². The van der Waals surface area contributed by atoms with Crippen molar-refractivity contribution in [3.05, 3.63) is 68.6 Å². The Morgan fingerprint density at radius 2 is 1.96 bits per heavy atom. The van der Waals surface area contributed by atoms with Crippen LogP contribution in [0.5, 0.6) is 0 Å². The summed E-state index contributed by atoms with van der Waals surface area (Å²) < 4.78 is 7.41. The summed E-state index contributed by atoms with van der Waals surface area (Å²) in [6.45, 7) is 5.63. The first kappa shape index (κ1) is 17.7. The highest BCUT2D eigenvalue weighted by atomic mass is 35.5. The van der Waals surface area contributed by atoms with Gasteiger partial charge in [0.1, 0.15) is 11.7 Å². The van der Waals surface area contributed by atoms with Crippen molar-refractivity contribution in [1.82, 2.24) is 9.47 Å². The Bertz CT molecular complexity index is 830. The van der Waals surface area contributed by atoms with Crippen LogP contribution in [0.2, 0.25) is 5.02 Å². The molecule has 0 unspecified atom stereocenters. The van der Waals surface area contributed by atoms with Gasteiger partial charge in [-0.1, -0.05) is 23.7 Å². The lowest BCUT2D eigenvalue weighted by atomic mass is 10.1. The number of benzene rings is 1. The molecule has 0 radical (unpaired) electrons. The molecule has 1 aliphatic heterocycles. The van der Waals surface area contributed by atoms with Crippen molar-refractivity contribution >= 4 is 17.5 Å². The third-order valence-corrected chi connectivity index (χ3v) is 4.79. The maximum absolute atomic E-state index is 12.9. The molecule has 2 heterocycles. The summed E-state index contributed by atoms with van der Waals surface area (Å²) in [6, 6.07) is 10.9. The number of halogens is 1. The molecular weight excluding hydrogens is 340 g/mol. The van der Waals surface area contributed by atoms with Gasteiger partial charge in [0.05, 0.1) is 13.2 Å². The number of hydrogen-bond donors (Lipinski definition) is 0. The summed E-state index contributed by atoms with van der Waals surface area (Å²) in [5, 5.41) is 0.660. The lowest BCUT2D eigenvalue weighted by Gasteiger charge is -2.33. The van der Waals surface area contributed by atoms with E-state index >= 15 is 0 Å². The van der Waals surface area contributed by atoms with Gasteiger partial charge in [-0.3, -0.25) is 9.59 Å². The molecule has 6 heteroatoms. The van der Waals surface area contributed by atoms with Gasteiger partial charge in [-0.25, -0.2) is 0 Å². The van der Waals surface area contributed by atoms with Gasteiger partial charge in [-0.2, -0.15) is 0 Å². The number of ether oxygens (including phenoxy) is 1. The fraction of sp³-hybridized carbons (Fsp3) is 0.368. The van der Waals surface area contributed by atoms with Crippen molar-refractivity contribution in [2.24, 2.45) is 0 Å². The van der Waals surface area contributed by atoms with Crippen molar-refractivity contribution in [3.63, 3.8) is 0 Å². The summed E-state index contributed by atoms with van der Waals surface area (Å²) in [7, 11) is 0. The highest BCUT2D eigenvalue weighted by Gasteiger charge is 2.27. The van der Waals surface area contributed by atoms with Gasteiger partial charge in [0, 0.05) is 23.8 Å². The molecule has 1 aliphatic rings. The molecule has 132 valence electrons. The summed E-state index contributed by atoms with van der Waals surface area (Å²) in [5.41, 5.74) is 1.80. The molecule has 5 nitrogen and oxygen atoms in total. The Balaban J connectivity index is 1.83. The van der Waals surface area contributed by atoms with Crippen molar-refractivity contribution in [3.8, 4) is 0 Å². The van der Waals surface area contributed by atoms with E-state index in [9.17, 15) is 9.59 Å². The van der Waals surface area contributed by atoms with E-state index in [1.165, 1.54) is 0 Å². The van der Waals surface area contributed by atoms with E-state index in [-0.39, 0.29) is 23.1 Å². The Labute approximate surface area is 151 Å². The Hall–Kier alpha value is -2.11. The molecule has 1 saturated heterocycles. The number of aromatic nitrogens is 1. The molecule has 1 aromatic carbocycles. The van der Waals surface area contributed by atoms with E-state index < -0.39 is 0 Å². The fourth-order valence-corrected chi connectivity index (χ4v) is 3.24. The highest BCUT2D eigenvalue weighted by molar-refractivity contribution is 6.30. The van der Waals surface area contributed by atoms with Crippen LogP contribution in [0.25, 0.3) is 0 Å². The van der Waals surface area contributed by atoms with Crippen LogP contribution in [0.3, 0.4) is 0 Å². The minimum absolute atomic E-state index is 0.212. The maximum atomic E-state index is 12.9. The molecule has 0 bridgehead atoms. The molecule has 1 amide bonds. The van der Waals surface area contributed by atoms with Crippen molar-refractivity contribution in [1.29, 1.82) is 0 Å². The molecule has 1 atom stereocenters. The number of morpholine rings is 1. The normalized spacial score (nSPS) is 17.6. The van der Waals surface area contributed by atoms with E-state index in [1.807, 2.05) is 32.0 Å². The van der Waals surface area contributed by atoms with Gasteiger partial charge in [0.15, 0.2) is 0 Å². The molecule has 1 aromatic heterocycles. The number of carbonyl (C=O) groups excluding carboxylic acids is 1. The van der Waals surface area contributed by atoms with Crippen LogP contribution in [0.1, 0.15) is 34.6 Å². The molecule has 25 heavy (non-hydrogen) atoms. The van der Waals surface area contributed by atoms with Crippen LogP contribution in [0, 0.1) is 6.92 Å². The lowest BCUT2D eigenvalue weighted by molar-refractivity contribution is -0.0229. The predicted octanol–water partition coefficient (Wildman–Crippen LogP) is 3.04. The summed E-state index contributed by atoms with van der Waals surface area (Å²) in [6.07, 6.45) is -0.214. The lowest BCUT2D eigenvalue weighted by Crippen LogP contribution is -2.44. The van der Waals surface area contributed by atoms with Crippen molar-refractivity contribution < 1.29 is 9.53 Å². The van der Waals surface area contributed by atoms with Gasteiger partial charge >= 0.3 is 0 Å². The smallest absolute Gasteiger partial charge is 0.263 e. The minimum atomic E-state index is -0.241. The first-order valence-corrected chi connectivity index (χ1v) is 8.76. The number of aryl methyl sites for hydroxylation is 1. The zero-order valence-electron chi connectivity index (χ0n) is 14.4. The number of carbonyl (C=O) groups is 1. The second-order valence-electron chi connectivity index (χ2n) is 6.10. The number of rotatable bonds is 3. The van der Waals surface area contributed by atoms with Crippen LogP contribution >= 0.6 is 11.6 Å². The molecule has 0 N–H and O–H groups in total. The van der Waals surface area contributed by atoms with Gasteiger partial charge < -0.3 is 14.2 Å². The third-order valence-electron chi connectivity index (χ3n) is 4.53. The van der Waals surface area contributed by atoms with E-state index in [4.69, 9.17) is 16.3 Å². The van der Waals surface area contributed by atoms with Crippen LogP contribution in [0.15, 0.2) is 41.2 Å². The minimum Gasteiger partial charge on any atom is -0.370 e. The van der Waals surface area contributed by atoms with Gasteiger partial charge in [-0.15, -0.1) is 0 Å². The Kier molecular flexibility index (Phi) is 5.25. The molecule has 3 rings (SSSR count). The van der Waals surface area contributed by atoms with E-state index in [0.717, 1.165) is 11.3 Å². The van der Waals surface area contributed by atoms with Gasteiger partial charge in [0.2, 0.25) is 0 Å². The van der Waals surface area contributed by atoms with Gasteiger partial charge in [-0.05, 0) is 43.7 Å². The molecule has 0 aliphatic carbocycles. The summed E-state index contributed by atoms with van der Waals surface area (Å²) in [5.74, 6) is -0.241. The molecule has 0 saturated carbocycles. The number of pyridine rings is 1. The topological polar surface area (TPSA) is 51.5 Å². The summed E-state index contributed by atoms with van der Waals surface area (Å²) >= 11 is 5.93. The van der Waals surface area contributed by atoms with Crippen LogP contribution in [-0.2, 0) is 11.3 Å². The van der Waals surface area contributed by atoms with Gasteiger partial charge in [0.25, 0.3) is 11.5 Å². The third kappa shape index (κ3) is 3.62.